The van der Waals surface area contributed by atoms with Crippen LogP contribution in [0.5, 0.6) is 11.5 Å². The molecular weight excluding hydrogens is 450 g/mol. The molecule has 35 heavy (non-hydrogen) atoms. The van der Waals surface area contributed by atoms with Crippen LogP contribution < -0.4 is 14.4 Å². The number of esters is 1. The molecule has 0 saturated carbocycles. The zero-order valence-corrected chi connectivity index (χ0v) is 19.3. The molecule has 1 fully saturated rings. The first-order chi connectivity index (χ1) is 16.9. The highest BCUT2D eigenvalue weighted by Gasteiger charge is 2.47. The van der Waals surface area contributed by atoms with Crippen LogP contribution in [0.15, 0.2) is 78.4 Å². The maximum absolute atomic E-state index is 13.3. The van der Waals surface area contributed by atoms with E-state index in [4.69, 9.17) is 14.2 Å². The summed E-state index contributed by atoms with van der Waals surface area (Å²) in [7, 11) is 4.31. The molecule has 8 nitrogen and oxygen atoms in total. The van der Waals surface area contributed by atoms with Crippen molar-refractivity contribution in [1.82, 2.24) is 0 Å². The minimum Gasteiger partial charge on any atom is -0.507 e. The number of carbonyl (C=O) groups excluding carboxylic acids is 3. The van der Waals surface area contributed by atoms with Gasteiger partial charge in [0.1, 0.15) is 17.3 Å². The van der Waals surface area contributed by atoms with E-state index in [2.05, 4.69) is 0 Å². The van der Waals surface area contributed by atoms with Crippen molar-refractivity contribution < 1.29 is 33.7 Å². The fourth-order valence-electron chi connectivity index (χ4n) is 4.01. The standard InChI is InChI=1S/C27H23NO7/c1-33-20-13-9-16(10-14-20)24(29)22-23(18-5-4-6-21(15-18)34-2)28(26(31)25(22)30)19-11-7-17(8-12-19)27(32)35-3/h4-15,23,29H,1-3H3/b24-22+. The summed E-state index contributed by atoms with van der Waals surface area (Å²) in [6.07, 6.45) is 0. The number of Topliss-reactive ketones (excluding diaryl/α,β-unsaturated/α-hetero) is 1. The zero-order valence-electron chi connectivity index (χ0n) is 19.3. The van der Waals surface area contributed by atoms with Gasteiger partial charge in [-0.15, -0.1) is 0 Å². The summed E-state index contributed by atoms with van der Waals surface area (Å²) in [5.74, 6) is -1.37. The Kier molecular flexibility index (Phi) is 6.55. The highest BCUT2D eigenvalue weighted by Crippen LogP contribution is 2.43. The summed E-state index contributed by atoms with van der Waals surface area (Å²) in [6, 6.07) is 18.6. The van der Waals surface area contributed by atoms with Gasteiger partial charge in [0, 0.05) is 11.3 Å². The molecule has 1 aliphatic heterocycles. The van der Waals surface area contributed by atoms with Crippen molar-refractivity contribution in [1.29, 1.82) is 0 Å². The van der Waals surface area contributed by atoms with Gasteiger partial charge in [-0.2, -0.15) is 0 Å². The Labute approximate surface area is 202 Å². The number of ketones is 1. The van der Waals surface area contributed by atoms with Crippen molar-refractivity contribution in [3.8, 4) is 11.5 Å². The second kappa shape index (κ2) is 9.72. The largest absolute Gasteiger partial charge is 0.507 e. The van der Waals surface area contributed by atoms with Crippen molar-refractivity contribution in [2.24, 2.45) is 0 Å². The molecule has 0 aliphatic carbocycles. The van der Waals surface area contributed by atoms with Crippen molar-refractivity contribution in [3.63, 3.8) is 0 Å². The molecule has 1 heterocycles. The van der Waals surface area contributed by atoms with Gasteiger partial charge in [-0.3, -0.25) is 14.5 Å². The summed E-state index contributed by atoms with van der Waals surface area (Å²) in [5, 5.41) is 11.2. The van der Waals surface area contributed by atoms with E-state index in [1.165, 1.54) is 38.4 Å². The zero-order chi connectivity index (χ0) is 25.1. The Morgan fingerprint density at radius 1 is 0.829 bits per heavy atom. The second-order valence-corrected chi connectivity index (χ2v) is 7.71. The van der Waals surface area contributed by atoms with E-state index < -0.39 is 23.7 Å². The van der Waals surface area contributed by atoms with Crippen LogP contribution in [0.3, 0.4) is 0 Å². The number of carbonyl (C=O) groups is 3. The number of amides is 1. The third-order valence-corrected chi connectivity index (χ3v) is 5.78. The molecule has 4 rings (SSSR count). The SMILES string of the molecule is COC(=O)c1ccc(N2C(=O)C(=O)/C(=C(/O)c3ccc(OC)cc3)C2c2cccc(OC)c2)cc1. The van der Waals surface area contributed by atoms with E-state index in [9.17, 15) is 19.5 Å². The molecule has 3 aromatic rings. The molecule has 0 spiro atoms. The lowest BCUT2D eigenvalue weighted by Gasteiger charge is -2.26. The number of ether oxygens (including phenoxy) is 3. The summed E-state index contributed by atoms with van der Waals surface area (Å²) in [4.78, 5) is 39.6. The molecule has 1 aliphatic rings. The van der Waals surface area contributed by atoms with Gasteiger partial charge in [-0.05, 0) is 66.2 Å². The van der Waals surface area contributed by atoms with Gasteiger partial charge in [-0.1, -0.05) is 12.1 Å². The van der Waals surface area contributed by atoms with E-state index in [1.54, 1.807) is 60.7 Å². The number of hydrogen-bond acceptors (Lipinski definition) is 7. The first-order valence-electron chi connectivity index (χ1n) is 10.7. The maximum atomic E-state index is 13.3. The molecule has 1 saturated heterocycles. The average molecular weight is 473 g/mol. The van der Waals surface area contributed by atoms with Crippen LogP contribution >= 0.6 is 0 Å². The van der Waals surface area contributed by atoms with Crippen LogP contribution in [0.25, 0.3) is 5.76 Å². The van der Waals surface area contributed by atoms with Crippen LogP contribution in [0.1, 0.15) is 27.5 Å². The molecule has 1 N–H and O–H groups in total. The molecule has 8 heteroatoms. The number of aliphatic hydroxyl groups is 1. The molecule has 1 amide bonds. The van der Waals surface area contributed by atoms with Crippen LogP contribution in [0.4, 0.5) is 5.69 Å². The van der Waals surface area contributed by atoms with Gasteiger partial charge in [0.2, 0.25) is 0 Å². The van der Waals surface area contributed by atoms with E-state index in [0.717, 1.165) is 0 Å². The molecule has 3 aromatic carbocycles. The van der Waals surface area contributed by atoms with Gasteiger partial charge in [0.05, 0.1) is 38.5 Å². The van der Waals surface area contributed by atoms with Gasteiger partial charge in [0.15, 0.2) is 0 Å². The van der Waals surface area contributed by atoms with Crippen molar-refractivity contribution in [2.45, 2.75) is 6.04 Å². The Balaban J connectivity index is 1.89. The third kappa shape index (κ3) is 4.33. The van der Waals surface area contributed by atoms with Crippen molar-refractivity contribution in [2.75, 3.05) is 26.2 Å². The predicted octanol–water partition coefficient (Wildman–Crippen LogP) is 4.12. The molecule has 178 valence electrons. The molecule has 0 bridgehead atoms. The average Bonchev–Trinajstić information content (AvgIpc) is 3.18. The summed E-state index contributed by atoms with van der Waals surface area (Å²) in [6.45, 7) is 0. The summed E-state index contributed by atoms with van der Waals surface area (Å²) >= 11 is 0. The van der Waals surface area contributed by atoms with Gasteiger partial charge < -0.3 is 19.3 Å². The van der Waals surface area contributed by atoms with Gasteiger partial charge >= 0.3 is 5.97 Å². The summed E-state index contributed by atoms with van der Waals surface area (Å²) in [5.41, 5.74) is 1.53. The van der Waals surface area contributed by atoms with E-state index in [0.29, 0.717) is 33.9 Å². The number of anilines is 1. The first-order valence-corrected chi connectivity index (χ1v) is 10.7. The lowest BCUT2D eigenvalue weighted by atomic mass is 9.95. The molecule has 1 unspecified atom stereocenters. The van der Waals surface area contributed by atoms with Crippen LogP contribution in [0, 0.1) is 0 Å². The first kappa shape index (κ1) is 23.6. The fourth-order valence-corrected chi connectivity index (χ4v) is 4.01. The normalized spacial score (nSPS) is 16.8. The van der Waals surface area contributed by atoms with E-state index in [-0.39, 0.29) is 11.3 Å². The minimum absolute atomic E-state index is 0.0644. The molecule has 0 aromatic heterocycles. The number of hydrogen-bond donors (Lipinski definition) is 1. The summed E-state index contributed by atoms with van der Waals surface area (Å²) < 4.78 is 15.2. The Bertz CT molecular complexity index is 1310. The minimum atomic E-state index is -0.934. The molecule has 0 radical (unpaired) electrons. The number of rotatable bonds is 6. The van der Waals surface area contributed by atoms with Crippen LogP contribution in [-0.4, -0.2) is 44.1 Å². The monoisotopic (exact) mass is 473 g/mol. The lowest BCUT2D eigenvalue weighted by Crippen LogP contribution is -2.29. The molecular formula is C27H23NO7. The predicted molar refractivity (Wildman–Crippen MR) is 129 cm³/mol. The molecule has 1 atom stereocenters. The topological polar surface area (TPSA) is 102 Å². The second-order valence-electron chi connectivity index (χ2n) is 7.71. The Hall–Kier alpha value is -4.59. The van der Waals surface area contributed by atoms with Crippen LogP contribution in [-0.2, 0) is 14.3 Å². The van der Waals surface area contributed by atoms with Crippen molar-refractivity contribution in [3.05, 3.63) is 95.1 Å². The number of methoxy groups -OCH3 is 3. The van der Waals surface area contributed by atoms with Crippen LogP contribution in [0.2, 0.25) is 0 Å². The van der Waals surface area contributed by atoms with Gasteiger partial charge in [0.25, 0.3) is 11.7 Å². The quantitative estimate of drug-likeness (QED) is 0.249. The highest BCUT2D eigenvalue weighted by atomic mass is 16.5. The Morgan fingerprint density at radius 3 is 2.06 bits per heavy atom. The van der Waals surface area contributed by atoms with Gasteiger partial charge in [-0.25, -0.2) is 4.79 Å². The number of nitrogens with zero attached hydrogens (tertiary/aromatic N) is 1. The Morgan fingerprint density at radius 2 is 1.46 bits per heavy atom. The van der Waals surface area contributed by atoms with E-state index >= 15 is 0 Å². The maximum Gasteiger partial charge on any atom is 0.337 e. The highest BCUT2D eigenvalue weighted by molar-refractivity contribution is 6.51. The fraction of sp³-hybridized carbons (Fsp3) is 0.148. The third-order valence-electron chi connectivity index (χ3n) is 5.78. The smallest absolute Gasteiger partial charge is 0.337 e. The lowest BCUT2D eigenvalue weighted by molar-refractivity contribution is -0.132. The number of aliphatic hydroxyl groups excluding tert-OH is 1. The van der Waals surface area contributed by atoms with Crippen molar-refractivity contribution >= 4 is 29.1 Å². The number of benzene rings is 3. The van der Waals surface area contributed by atoms with E-state index in [1.807, 2.05) is 0 Å².